The van der Waals surface area contributed by atoms with E-state index in [0.29, 0.717) is 29.5 Å². The molecular weight excluding hydrogens is 989 g/mol. The van der Waals surface area contributed by atoms with Crippen LogP contribution in [0.25, 0.3) is 11.1 Å². The van der Waals surface area contributed by atoms with Crippen molar-refractivity contribution < 1.29 is 48.6 Å². The second-order valence-electron chi connectivity index (χ2n) is 18.3. The van der Waals surface area contributed by atoms with Gasteiger partial charge in [-0.25, -0.2) is 4.79 Å². The topological polar surface area (TPSA) is 326 Å². The van der Waals surface area contributed by atoms with Gasteiger partial charge in [-0.1, -0.05) is 102 Å². The van der Waals surface area contributed by atoms with E-state index in [1.54, 1.807) is 80.8 Å². The summed E-state index contributed by atoms with van der Waals surface area (Å²) in [6, 6.07) is 15.2. The molecular formula is C52H66N10O10S2. The van der Waals surface area contributed by atoms with E-state index in [1.807, 2.05) is 24.3 Å². The minimum Gasteiger partial charge on any atom is -0.508 e. The summed E-state index contributed by atoms with van der Waals surface area (Å²) in [5.41, 5.74) is 15.3. The number of hydrogen-bond donors (Lipinski definition) is 11. The number of aliphatic carboxylic acids is 1. The molecule has 13 N–H and O–H groups in total. The van der Waals surface area contributed by atoms with Crippen LogP contribution in [0.1, 0.15) is 56.7 Å². The number of rotatable bonds is 17. The van der Waals surface area contributed by atoms with Crippen molar-refractivity contribution in [1.29, 1.82) is 0 Å². The molecule has 1 aromatic heterocycles. The van der Waals surface area contributed by atoms with Gasteiger partial charge in [0.1, 0.15) is 48.0 Å². The number of phenols is 1. The molecule has 0 radical (unpaired) electrons. The van der Waals surface area contributed by atoms with Crippen LogP contribution in [0.5, 0.6) is 5.75 Å². The fourth-order valence-corrected chi connectivity index (χ4v) is 10.1. The molecule has 0 aliphatic carbocycles. The lowest BCUT2D eigenvalue weighted by atomic mass is 9.99. The largest absolute Gasteiger partial charge is 0.508 e. The molecule has 22 heteroatoms. The van der Waals surface area contributed by atoms with Crippen LogP contribution in [0.2, 0.25) is 0 Å². The van der Waals surface area contributed by atoms with Gasteiger partial charge in [0, 0.05) is 43.2 Å². The van der Waals surface area contributed by atoms with Crippen LogP contribution >= 0.6 is 21.6 Å². The van der Waals surface area contributed by atoms with Crippen LogP contribution in [0.3, 0.4) is 0 Å². The number of aromatic hydroxyl groups is 1. The Morgan fingerprint density at radius 1 is 0.649 bits per heavy atom. The second-order valence-corrected chi connectivity index (χ2v) is 20.8. The lowest BCUT2D eigenvalue weighted by Crippen LogP contribution is -2.61. The number of nitrogens with zero attached hydrogens (tertiary/aromatic N) is 1. The number of aromatic nitrogens is 1. The van der Waals surface area contributed by atoms with Crippen LogP contribution < -0.4 is 48.7 Å². The number of hydrogen-bond acceptors (Lipinski definition) is 14. The Bertz CT molecular complexity index is 2520. The minimum atomic E-state index is -1.42. The molecule has 5 rings (SSSR count). The maximum absolute atomic E-state index is 14.8. The highest BCUT2D eigenvalue weighted by Crippen LogP contribution is 2.25. The summed E-state index contributed by atoms with van der Waals surface area (Å²) < 4.78 is 0. The molecule has 0 saturated carbocycles. The van der Waals surface area contributed by atoms with Crippen molar-refractivity contribution in [2.24, 2.45) is 17.4 Å². The summed E-state index contributed by atoms with van der Waals surface area (Å²) in [7, 11) is 2.06. The van der Waals surface area contributed by atoms with E-state index < -0.39 is 102 Å². The predicted octanol–water partition coefficient (Wildman–Crippen LogP) is 1.49. The number of nitrogens with one attached hydrogen (secondary N) is 7. The van der Waals surface area contributed by atoms with Gasteiger partial charge in [-0.15, -0.1) is 0 Å². The third-order valence-corrected chi connectivity index (χ3v) is 14.4. The summed E-state index contributed by atoms with van der Waals surface area (Å²) in [5.74, 6) is -7.74. The molecule has 1 saturated heterocycles. The average Bonchev–Trinajstić information content (AvgIpc) is 3.38. The number of carboxylic acid groups (broad SMARTS) is 1. The summed E-state index contributed by atoms with van der Waals surface area (Å²) in [4.78, 5) is 116. The lowest BCUT2D eigenvalue weighted by molar-refractivity contribution is -0.143. The normalized spacial score (nSPS) is 21.4. The molecule has 2 heterocycles. The first-order valence-corrected chi connectivity index (χ1v) is 26.8. The fourth-order valence-electron chi connectivity index (χ4n) is 7.75. The number of nitrogens with two attached hydrogens (primary N) is 2. The van der Waals surface area contributed by atoms with Crippen molar-refractivity contribution in [3.05, 3.63) is 120 Å². The molecule has 8 atom stereocenters. The van der Waals surface area contributed by atoms with Crippen molar-refractivity contribution in [1.82, 2.24) is 42.2 Å². The van der Waals surface area contributed by atoms with Gasteiger partial charge >= 0.3 is 5.97 Å². The highest BCUT2D eigenvalue weighted by atomic mass is 33.1. The maximum Gasteiger partial charge on any atom is 0.326 e. The van der Waals surface area contributed by atoms with Gasteiger partial charge in [-0.3, -0.25) is 38.5 Å². The van der Waals surface area contributed by atoms with Gasteiger partial charge in [0.05, 0.1) is 6.04 Å². The van der Waals surface area contributed by atoms with Gasteiger partial charge in [-0.05, 0) is 90.7 Å². The van der Waals surface area contributed by atoms with E-state index in [1.165, 1.54) is 19.1 Å². The van der Waals surface area contributed by atoms with Crippen LogP contribution in [0.4, 0.5) is 0 Å². The van der Waals surface area contributed by atoms with Crippen molar-refractivity contribution in [2.75, 3.05) is 18.1 Å². The molecule has 1 aliphatic heterocycles. The van der Waals surface area contributed by atoms with E-state index in [9.17, 15) is 48.6 Å². The molecule has 20 nitrogen and oxygen atoms in total. The molecule has 7 amide bonds. The number of carbonyl (C=O) groups excluding carboxylic acids is 7. The quantitative estimate of drug-likeness (QED) is 0.0527. The van der Waals surface area contributed by atoms with Gasteiger partial charge in [0.15, 0.2) is 0 Å². The Balaban J connectivity index is 1.60. The van der Waals surface area contributed by atoms with E-state index in [-0.39, 0.29) is 49.5 Å². The van der Waals surface area contributed by atoms with Gasteiger partial charge in [0.2, 0.25) is 41.4 Å². The fraction of sp³-hybridized carbons (Fsp3) is 0.404. The molecule has 74 heavy (non-hydrogen) atoms. The van der Waals surface area contributed by atoms with Crippen molar-refractivity contribution >= 4 is 68.9 Å². The van der Waals surface area contributed by atoms with E-state index >= 15 is 0 Å². The monoisotopic (exact) mass is 1050 g/mol. The number of phenolic OH excluding ortho intramolecular Hbond substituents is 1. The molecule has 3 aromatic carbocycles. The Labute approximate surface area is 437 Å². The minimum absolute atomic E-state index is 0.0417. The van der Waals surface area contributed by atoms with Crippen LogP contribution in [-0.2, 0) is 57.6 Å². The Kier molecular flexibility index (Phi) is 22.7. The van der Waals surface area contributed by atoms with Crippen molar-refractivity contribution in [2.45, 2.75) is 108 Å². The zero-order chi connectivity index (χ0) is 53.7. The summed E-state index contributed by atoms with van der Waals surface area (Å²) in [5, 5.41) is 39.0. The standard InChI is InChI=1S/C52H66N10O10S2/c1-30(2)44(52(71)72)62-51(70)43-29-74-73-28-42(60-45(64)31(3)54)50(69)59-39(25-32-9-5-4-6-10-32)48(67)58-40(26-33-12-16-35(17-13-33)36-20-23-55-24-21-36)47(66)56-38(11-7-8-22-53)46(65)57-41(49(68)61-43)27-34-14-18-37(63)19-15-34/h4-6,9-10,12-21,23-24,30-31,38-44,63H,7-8,11,22,25-29,53-54H2,1-3H3,(H,56,66)(H,57,65)(H,58,67)(H,59,69)(H,60,64)(H,61,68)(H,62,70)(H,71,72)/t31-,38-,39-,40-,41-,42-,43-,44-/m0/s1. The van der Waals surface area contributed by atoms with E-state index in [2.05, 4.69) is 42.2 Å². The number of amides is 7. The number of carboxylic acids is 1. The first-order chi connectivity index (χ1) is 35.4. The molecule has 1 fully saturated rings. The average molecular weight is 1060 g/mol. The first-order valence-electron chi connectivity index (χ1n) is 24.3. The number of unbranched alkanes of at least 4 members (excludes halogenated alkanes) is 1. The third-order valence-electron chi connectivity index (χ3n) is 12.0. The summed E-state index contributed by atoms with van der Waals surface area (Å²) in [6.07, 6.45) is 3.93. The number of carbonyl (C=O) groups is 8. The molecule has 0 unspecified atom stereocenters. The zero-order valence-electron chi connectivity index (χ0n) is 41.5. The maximum atomic E-state index is 14.8. The second kappa shape index (κ2) is 29.0. The Morgan fingerprint density at radius 2 is 1.14 bits per heavy atom. The molecule has 1 aliphatic rings. The SMILES string of the molecule is CC(C)[C@H](NC(=O)[C@@H]1CSSC[C@H](NC(=O)[C@H](C)N)C(=O)N[C@@H](Cc2ccccc2)C(=O)N[C@@H](Cc2ccc(-c3ccncc3)cc2)C(=O)N[C@@H](CCCCN)C(=O)N[C@@H](Cc2ccc(O)cc2)C(=O)N1)C(=O)O. The summed E-state index contributed by atoms with van der Waals surface area (Å²) in [6.45, 7) is 4.90. The smallest absolute Gasteiger partial charge is 0.326 e. The van der Waals surface area contributed by atoms with E-state index in [0.717, 1.165) is 32.7 Å². The van der Waals surface area contributed by atoms with Gasteiger partial charge < -0.3 is 58.9 Å². The third kappa shape index (κ3) is 18.2. The number of pyridine rings is 1. The highest BCUT2D eigenvalue weighted by Gasteiger charge is 2.36. The van der Waals surface area contributed by atoms with Crippen LogP contribution in [-0.4, -0.2) is 129 Å². The Morgan fingerprint density at radius 3 is 1.68 bits per heavy atom. The molecule has 0 spiro atoms. The molecule has 0 bridgehead atoms. The Hall–Kier alpha value is -7.01. The summed E-state index contributed by atoms with van der Waals surface area (Å²) >= 11 is 0. The lowest BCUT2D eigenvalue weighted by Gasteiger charge is -2.29. The molecule has 396 valence electrons. The van der Waals surface area contributed by atoms with Crippen LogP contribution in [0.15, 0.2) is 103 Å². The highest BCUT2D eigenvalue weighted by molar-refractivity contribution is 8.76. The zero-order valence-corrected chi connectivity index (χ0v) is 43.1. The van der Waals surface area contributed by atoms with E-state index in [4.69, 9.17) is 11.5 Å². The number of benzene rings is 3. The van der Waals surface area contributed by atoms with Crippen molar-refractivity contribution in [3.8, 4) is 16.9 Å². The van der Waals surface area contributed by atoms with Gasteiger partial charge in [0.25, 0.3) is 0 Å². The predicted molar refractivity (Wildman–Crippen MR) is 283 cm³/mol. The molecule has 4 aromatic rings. The van der Waals surface area contributed by atoms with Crippen LogP contribution in [0, 0.1) is 5.92 Å². The first kappa shape index (κ1) is 57.9. The van der Waals surface area contributed by atoms with Gasteiger partial charge in [-0.2, -0.15) is 0 Å². The van der Waals surface area contributed by atoms with Crippen molar-refractivity contribution in [3.63, 3.8) is 0 Å².